The Morgan fingerprint density at radius 1 is 0.833 bits per heavy atom. The maximum Gasteiger partial charge on any atom is 0.228 e. The third kappa shape index (κ3) is 4.70. The van der Waals surface area contributed by atoms with E-state index in [-0.39, 0.29) is 5.91 Å². The predicted octanol–water partition coefficient (Wildman–Crippen LogP) is 5.42. The number of para-hydroxylation sites is 1. The van der Waals surface area contributed by atoms with Crippen molar-refractivity contribution >= 4 is 27.5 Å². The standard InChI is InChI=1S/C20H16BrNO2/c21-16-8-6-15(7-9-16)14-20(23)22-17-10-12-19(13-11-17)24-18-4-2-1-3-5-18/h1-13H,14H2,(H,22,23). The minimum Gasteiger partial charge on any atom is -0.457 e. The highest BCUT2D eigenvalue weighted by Crippen LogP contribution is 2.22. The van der Waals surface area contributed by atoms with Crippen molar-refractivity contribution < 1.29 is 9.53 Å². The average Bonchev–Trinajstić information content (AvgIpc) is 2.60. The van der Waals surface area contributed by atoms with Gasteiger partial charge in [-0.15, -0.1) is 0 Å². The van der Waals surface area contributed by atoms with Crippen LogP contribution in [-0.4, -0.2) is 5.91 Å². The van der Waals surface area contributed by atoms with Gasteiger partial charge in [-0.25, -0.2) is 0 Å². The quantitative estimate of drug-likeness (QED) is 0.640. The maximum atomic E-state index is 12.1. The van der Waals surface area contributed by atoms with E-state index in [9.17, 15) is 4.79 Å². The van der Waals surface area contributed by atoms with E-state index < -0.39 is 0 Å². The normalized spacial score (nSPS) is 10.2. The van der Waals surface area contributed by atoms with Crippen molar-refractivity contribution in [1.29, 1.82) is 0 Å². The number of amides is 1. The van der Waals surface area contributed by atoms with Gasteiger partial charge in [0.2, 0.25) is 5.91 Å². The molecule has 0 fully saturated rings. The average molecular weight is 382 g/mol. The lowest BCUT2D eigenvalue weighted by Crippen LogP contribution is -2.14. The van der Waals surface area contributed by atoms with Crippen LogP contribution in [0.3, 0.4) is 0 Å². The van der Waals surface area contributed by atoms with Gasteiger partial charge in [0.05, 0.1) is 6.42 Å². The van der Waals surface area contributed by atoms with Gasteiger partial charge in [-0.05, 0) is 54.1 Å². The Balaban J connectivity index is 1.57. The molecule has 0 spiro atoms. The predicted molar refractivity (Wildman–Crippen MR) is 99.4 cm³/mol. The van der Waals surface area contributed by atoms with E-state index in [1.54, 1.807) is 0 Å². The van der Waals surface area contributed by atoms with E-state index in [2.05, 4.69) is 21.2 Å². The molecule has 3 aromatic carbocycles. The molecule has 0 atom stereocenters. The Morgan fingerprint density at radius 2 is 1.46 bits per heavy atom. The molecule has 0 aliphatic heterocycles. The molecular weight excluding hydrogens is 366 g/mol. The van der Waals surface area contributed by atoms with Gasteiger partial charge in [-0.1, -0.05) is 46.3 Å². The van der Waals surface area contributed by atoms with Gasteiger partial charge in [0.15, 0.2) is 0 Å². The van der Waals surface area contributed by atoms with Crippen LogP contribution < -0.4 is 10.1 Å². The number of hydrogen-bond acceptors (Lipinski definition) is 2. The van der Waals surface area contributed by atoms with Gasteiger partial charge in [0.1, 0.15) is 11.5 Å². The van der Waals surface area contributed by atoms with Crippen molar-refractivity contribution in [3.8, 4) is 11.5 Å². The second kappa shape index (κ2) is 7.79. The number of anilines is 1. The van der Waals surface area contributed by atoms with E-state index >= 15 is 0 Å². The molecule has 3 rings (SSSR count). The van der Waals surface area contributed by atoms with Crippen LogP contribution in [0.5, 0.6) is 11.5 Å². The molecule has 4 heteroatoms. The zero-order valence-electron chi connectivity index (χ0n) is 12.9. The summed E-state index contributed by atoms with van der Waals surface area (Å²) in [6, 6.07) is 24.6. The molecule has 24 heavy (non-hydrogen) atoms. The number of carbonyl (C=O) groups is 1. The molecule has 0 saturated carbocycles. The second-order valence-electron chi connectivity index (χ2n) is 5.29. The van der Waals surface area contributed by atoms with Crippen molar-refractivity contribution in [3.05, 3.63) is 88.9 Å². The largest absolute Gasteiger partial charge is 0.457 e. The molecular formula is C20H16BrNO2. The van der Waals surface area contributed by atoms with Crippen molar-refractivity contribution in [2.75, 3.05) is 5.32 Å². The Kier molecular flexibility index (Phi) is 5.29. The molecule has 0 radical (unpaired) electrons. The van der Waals surface area contributed by atoms with Gasteiger partial charge in [0, 0.05) is 10.2 Å². The van der Waals surface area contributed by atoms with Crippen molar-refractivity contribution in [3.63, 3.8) is 0 Å². The van der Waals surface area contributed by atoms with Crippen molar-refractivity contribution in [2.24, 2.45) is 0 Å². The van der Waals surface area contributed by atoms with Crippen LogP contribution >= 0.6 is 15.9 Å². The summed E-state index contributed by atoms with van der Waals surface area (Å²) in [5.74, 6) is 1.46. The zero-order chi connectivity index (χ0) is 16.8. The molecule has 0 saturated heterocycles. The number of nitrogens with one attached hydrogen (secondary N) is 1. The molecule has 120 valence electrons. The second-order valence-corrected chi connectivity index (χ2v) is 6.21. The van der Waals surface area contributed by atoms with E-state index in [0.29, 0.717) is 6.42 Å². The van der Waals surface area contributed by atoms with Gasteiger partial charge < -0.3 is 10.1 Å². The highest BCUT2D eigenvalue weighted by molar-refractivity contribution is 9.10. The molecule has 3 aromatic rings. The van der Waals surface area contributed by atoms with Crippen LogP contribution in [0.15, 0.2) is 83.3 Å². The highest BCUT2D eigenvalue weighted by Gasteiger charge is 2.05. The van der Waals surface area contributed by atoms with Crippen LogP contribution in [0.2, 0.25) is 0 Å². The van der Waals surface area contributed by atoms with E-state index in [1.807, 2.05) is 78.9 Å². The topological polar surface area (TPSA) is 38.3 Å². The van der Waals surface area contributed by atoms with Crippen molar-refractivity contribution in [1.82, 2.24) is 0 Å². The van der Waals surface area contributed by atoms with Crippen LogP contribution in [0, 0.1) is 0 Å². The molecule has 0 heterocycles. The number of carbonyl (C=O) groups excluding carboxylic acids is 1. The monoisotopic (exact) mass is 381 g/mol. The first-order chi connectivity index (χ1) is 11.7. The number of halogens is 1. The third-order valence-corrected chi connectivity index (χ3v) is 3.92. The van der Waals surface area contributed by atoms with Crippen LogP contribution in [0.4, 0.5) is 5.69 Å². The number of hydrogen-bond donors (Lipinski definition) is 1. The number of benzene rings is 3. The lowest BCUT2D eigenvalue weighted by Gasteiger charge is -2.08. The molecule has 0 aromatic heterocycles. The van der Waals surface area contributed by atoms with E-state index in [0.717, 1.165) is 27.2 Å². The number of ether oxygens (including phenoxy) is 1. The summed E-state index contributed by atoms with van der Waals surface area (Å²) in [6.07, 6.45) is 0.343. The molecule has 0 aliphatic rings. The minimum absolute atomic E-state index is 0.0472. The van der Waals surface area contributed by atoms with Crippen LogP contribution in [0.25, 0.3) is 0 Å². The number of rotatable bonds is 5. The fourth-order valence-electron chi connectivity index (χ4n) is 2.22. The molecule has 0 unspecified atom stereocenters. The Hall–Kier alpha value is -2.59. The van der Waals surface area contributed by atoms with Gasteiger partial charge >= 0.3 is 0 Å². The smallest absolute Gasteiger partial charge is 0.228 e. The lowest BCUT2D eigenvalue weighted by molar-refractivity contribution is -0.115. The summed E-state index contributed by atoms with van der Waals surface area (Å²) >= 11 is 3.38. The summed E-state index contributed by atoms with van der Waals surface area (Å²) in [6.45, 7) is 0. The lowest BCUT2D eigenvalue weighted by atomic mass is 10.1. The first-order valence-electron chi connectivity index (χ1n) is 7.56. The van der Waals surface area contributed by atoms with Crippen molar-refractivity contribution in [2.45, 2.75) is 6.42 Å². The Bertz CT molecular complexity index is 799. The van der Waals surface area contributed by atoms with E-state index in [4.69, 9.17) is 4.74 Å². The van der Waals surface area contributed by atoms with Gasteiger partial charge in [-0.3, -0.25) is 4.79 Å². The summed E-state index contributed by atoms with van der Waals surface area (Å²) in [5.41, 5.74) is 1.72. The molecule has 3 nitrogen and oxygen atoms in total. The fourth-order valence-corrected chi connectivity index (χ4v) is 2.49. The summed E-state index contributed by atoms with van der Waals surface area (Å²) < 4.78 is 6.73. The summed E-state index contributed by atoms with van der Waals surface area (Å²) in [4.78, 5) is 12.1. The highest BCUT2D eigenvalue weighted by atomic mass is 79.9. The van der Waals surface area contributed by atoms with Gasteiger partial charge in [0.25, 0.3) is 0 Å². The molecule has 1 N–H and O–H groups in total. The third-order valence-electron chi connectivity index (χ3n) is 3.39. The van der Waals surface area contributed by atoms with Crippen LogP contribution in [-0.2, 0) is 11.2 Å². The summed E-state index contributed by atoms with van der Waals surface area (Å²) in [5, 5.41) is 2.89. The van der Waals surface area contributed by atoms with E-state index in [1.165, 1.54) is 0 Å². The Labute approximate surface area is 149 Å². The first-order valence-corrected chi connectivity index (χ1v) is 8.35. The first kappa shape index (κ1) is 16.3. The van der Waals surface area contributed by atoms with Gasteiger partial charge in [-0.2, -0.15) is 0 Å². The Morgan fingerprint density at radius 3 is 2.12 bits per heavy atom. The van der Waals surface area contributed by atoms with Crippen LogP contribution in [0.1, 0.15) is 5.56 Å². The maximum absolute atomic E-state index is 12.1. The SMILES string of the molecule is O=C(Cc1ccc(Br)cc1)Nc1ccc(Oc2ccccc2)cc1. The fraction of sp³-hybridized carbons (Fsp3) is 0.0500. The molecule has 0 aliphatic carbocycles. The summed E-state index contributed by atoms with van der Waals surface area (Å²) in [7, 11) is 0. The molecule has 0 bridgehead atoms. The zero-order valence-corrected chi connectivity index (χ0v) is 14.5. The molecule has 1 amide bonds. The minimum atomic E-state index is -0.0472.